The maximum absolute atomic E-state index is 12.6. The van der Waals surface area contributed by atoms with Gasteiger partial charge in [0.1, 0.15) is 0 Å². The Hall–Kier alpha value is -2.75. The van der Waals surface area contributed by atoms with Crippen molar-refractivity contribution in [1.82, 2.24) is 14.1 Å². The van der Waals surface area contributed by atoms with E-state index in [0.717, 1.165) is 44.6 Å². The number of benzene rings is 2. The van der Waals surface area contributed by atoms with Crippen LogP contribution in [0.15, 0.2) is 53.4 Å². The zero-order chi connectivity index (χ0) is 24.1. The van der Waals surface area contributed by atoms with Crippen LogP contribution in [0.4, 0.5) is 5.69 Å². The van der Waals surface area contributed by atoms with Crippen molar-refractivity contribution in [2.24, 2.45) is 0 Å². The van der Waals surface area contributed by atoms with Crippen LogP contribution in [0.2, 0.25) is 0 Å². The van der Waals surface area contributed by atoms with E-state index in [1.165, 1.54) is 4.31 Å². The summed E-state index contributed by atoms with van der Waals surface area (Å²) in [4.78, 5) is 29.4. The summed E-state index contributed by atoms with van der Waals surface area (Å²) in [6, 6.07) is 13.8. The average Bonchev–Trinajstić information content (AvgIpc) is 3.40. The molecule has 2 amide bonds. The molecule has 0 radical (unpaired) electrons. The number of hydrogen-bond donors (Lipinski definition) is 1. The molecule has 2 saturated heterocycles. The Morgan fingerprint density at radius 3 is 2.09 bits per heavy atom. The summed E-state index contributed by atoms with van der Waals surface area (Å²) >= 11 is 0. The van der Waals surface area contributed by atoms with Gasteiger partial charge >= 0.3 is 0 Å². The molecule has 8 nitrogen and oxygen atoms in total. The van der Waals surface area contributed by atoms with Crippen LogP contribution in [0.1, 0.15) is 35.2 Å². The van der Waals surface area contributed by atoms with Crippen molar-refractivity contribution in [1.29, 1.82) is 0 Å². The summed E-state index contributed by atoms with van der Waals surface area (Å²) < 4.78 is 26.8. The molecule has 9 heteroatoms. The van der Waals surface area contributed by atoms with Gasteiger partial charge in [0, 0.05) is 56.9 Å². The van der Waals surface area contributed by atoms with Gasteiger partial charge in [-0.05, 0) is 68.3 Å². The molecule has 34 heavy (non-hydrogen) atoms. The van der Waals surface area contributed by atoms with Crippen LogP contribution in [-0.4, -0.2) is 80.7 Å². The lowest BCUT2D eigenvalue weighted by molar-refractivity contribution is -0.116. The summed E-state index contributed by atoms with van der Waals surface area (Å²) in [6.45, 7) is 4.34. The Balaban J connectivity index is 1.26. The number of rotatable bonds is 7. The monoisotopic (exact) mass is 484 g/mol. The molecule has 1 N–H and O–H groups in total. The van der Waals surface area contributed by atoms with E-state index in [4.69, 9.17) is 0 Å². The molecular weight excluding hydrogens is 452 g/mol. The molecule has 0 atom stereocenters. The minimum atomic E-state index is -3.42. The quantitative estimate of drug-likeness (QED) is 0.652. The Morgan fingerprint density at radius 2 is 1.47 bits per heavy atom. The Bertz CT molecular complexity index is 1100. The Morgan fingerprint density at radius 1 is 0.853 bits per heavy atom. The van der Waals surface area contributed by atoms with Crippen molar-refractivity contribution in [3.8, 4) is 0 Å². The number of likely N-dealkylation sites (N-methyl/N-ethyl adjacent to an activating group) is 1. The predicted molar refractivity (Wildman–Crippen MR) is 131 cm³/mol. The van der Waals surface area contributed by atoms with E-state index in [0.29, 0.717) is 35.7 Å². The first kappa shape index (κ1) is 24.4. The largest absolute Gasteiger partial charge is 0.336 e. The number of carbonyl (C=O) groups excluding carboxylic acids is 2. The van der Waals surface area contributed by atoms with E-state index >= 15 is 0 Å². The third-order valence-electron chi connectivity index (χ3n) is 6.47. The first-order chi connectivity index (χ1) is 16.3. The van der Waals surface area contributed by atoms with E-state index in [1.54, 1.807) is 48.5 Å². The SMILES string of the molecule is CN1CCN(C(=O)c2ccc(NC(=O)CCc3ccc(S(=O)(=O)N4CCCC4)cc3)cc2)CC1. The van der Waals surface area contributed by atoms with Gasteiger partial charge in [-0.15, -0.1) is 0 Å². The second-order valence-corrected chi connectivity index (χ2v) is 10.9. The number of carbonyl (C=O) groups is 2. The molecule has 0 bridgehead atoms. The third kappa shape index (κ3) is 5.84. The topological polar surface area (TPSA) is 90.0 Å². The van der Waals surface area contributed by atoms with Gasteiger partial charge < -0.3 is 15.1 Å². The van der Waals surface area contributed by atoms with E-state index in [-0.39, 0.29) is 18.2 Å². The molecule has 2 aliphatic rings. The summed E-state index contributed by atoms with van der Waals surface area (Å²) in [5.74, 6) is -0.118. The minimum Gasteiger partial charge on any atom is -0.336 e. The fourth-order valence-electron chi connectivity index (χ4n) is 4.28. The predicted octanol–water partition coefficient (Wildman–Crippen LogP) is 2.43. The number of nitrogens with one attached hydrogen (secondary N) is 1. The zero-order valence-electron chi connectivity index (χ0n) is 19.6. The Kier molecular flexibility index (Phi) is 7.65. The highest BCUT2D eigenvalue weighted by Gasteiger charge is 2.27. The van der Waals surface area contributed by atoms with Gasteiger partial charge in [0.15, 0.2) is 0 Å². The van der Waals surface area contributed by atoms with Crippen molar-refractivity contribution in [2.45, 2.75) is 30.6 Å². The number of nitrogens with zero attached hydrogens (tertiary/aromatic N) is 3. The molecule has 4 rings (SSSR count). The molecule has 0 unspecified atom stereocenters. The van der Waals surface area contributed by atoms with Crippen molar-refractivity contribution in [3.05, 3.63) is 59.7 Å². The normalized spacial score (nSPS) is 17.6. The summed E-state index contributed by atoms with van der Waals surface area (Å²) in [5.41, 5.74) is 2.17. The fraction of sp³-hybridized carbons (Fsp3) is 0.440. The van der Waals surface area contributed by atoms with E-state index in [1.807, 2.05) is 11.9 Å². The van der Waals surface area contributed by atoms with Crippen LogP contribution in [0.5, 0.6) is 0 Å². The molecule has 0 saturated carbocycles. The molecule has 2 fully saturated rings. The van der Waals surface area contributed by atoms with E-state index in [9.17, 15) is 18.0 Å². The number of aryl methyl sites for hydroxylation is 1. The van der Waals surface area contributed by atoms with Gasteiger partial charge in [0.2, 0.25) is 15.9 Å². The first-order valence-corrected chi connectivity index (χ1v) is 13.2. The molecule has 0 aromatic heterocycles. The zero-order valence-corrected chi connectivity index (χ0v) is 20.4. The lowest BCUT2D eigenvalue weighted by Gasteiger charge is -2.32. The van der Waals surface area contributed by atoms with Crippen LogP contribution in [0, 0.1) is 0 Å². The first-order valence-electron chi connectivity index (χ1n) is 11.8. The van der Waals surface area contributed by atoms with Crippen molar-refractivity contribution in [2.75, 3.05) is 51.6 Å². The molecular formula is C25H32N4O4S. The van der Waals surface area contributed by atoms with Crippen LogP contribution in [0.3, 0.4) is 0 Å². The fourth-order valence-corrected chi connectivity index (χ4v) is 5.79. The molecule has 0 spiro atoms. The van der Waals surface area contributed by atoms with Gasteiger partial charge in [-0.25, -0.2) is 8.42 Å². The number of piperazine rings is 1. The van der Waals surface area contributed by atoms with Crippen LogP contribution >= 0.6 is 0 Å². The highest BCUT2D eigenvalue weighted by Crippen LogP contribution is 2.21. The van der Waals surface area contributed by atoms with Crippen LogP contribution in [-0.2, 0) is 21.2 Å². The van der Waals surface area contributed by atoms with Crippen molar-refractivity contribution >= 4 is 27.5 Å². The summed E-state index contributed by atoms with van der Waals surface area (Å²) in [6.07, 6.45) is 2.60. The number of anilines is 1. The van der Waals surface area contributed by atoms with Gasteiger partial charge in [-0.1, -0.05) is 12.1 Å². The Labute approximate surface area is 201 Å². The second-order valence-electron chi connectivity index (χ2n) is 8.98. The summed E-state index contributed by atoms with van der Waals surface area (Å²) in [7, 11) is -1.37. The standard InChI is InChI=1S/C25H32N4O4S/c1-27-16-18-28(19-17-27)25(31)21-7-9-22(10-8-21)26-24(30)13-6-20-4-11-23(12-5-20)34(32,33)29-14-2-3-15-29/h4-5,7-12H,2-3,6,13-19H2,1H3,(H,26,30). The average molecular weight is 485 g/mol. The van der Waals surface area contributed by atoms with Crippen molar-refractivity contribution in [3.63, 3.8) is 0 Å². The lowest BCUT2D eigenvalue weighted by Crippen LogP contribution is -2.47. The highest BCUT2D eigenvalue weighted by molar-refractivity contribution is 7.89. The molecule has 0 aliphatic carbocycles. The van der Waals surface area contributed by atoms with Gasteiger partial charge in [-0.2, -0.15) is 4.31 Å². The van der Waals surface area contributed by atoms with Crippen LogP contribution < -0.4 is 5.32 Å². The molecule has 182 valence electrons. The number of hydrogen-bond acceptors (Lipinski definition) is 5. The molecule has 2 aromatic carbocycles. The molecule has 2 aliphatic heterocycles. The summed E-state index contributed by atoms with van der Waals surface area (Å²) in [5, 5.41) is 2.86. The second kappa shape index (κ2) is 10.7. The van der Waals surface area contributed by atoms with Gasteiger partial charge in [0.25, 0.3) is 5.91 Å². The van der Waals surface area contributed by atoms with E-state index < -0.39 is 10.0 Å². The maximum atomic E-state index is 12.6. The lowest BCUT2D eigenvalue weighted by atomic mass is 10.1. The maximum Gasteiger partial charge on any atom is 0.253 e. The number of sulfonamides is 1. The van der Waals surface area contributed by atoms with Crippen LogP contribution in [0.25, 0.3) is 0 Å². The molecule has 2 heterocycles. The third-order valence-corrected chi connectivity index (χ3v) is 8.39. The van der Waals surface area contributed by atoms with E-state index in [2.05, 4.69) is 10.2 Å². The minimum absolute atomic E-state index is 0.0150. The van der Waals surface area contributed by atoms with Gasteiger partial charge in [-0.3, -0.25) is 9.59 Å². The van der Waals surface area contributed by atoms with Gasteiger partial charge in [0.05, 0.1) is 4.90 Å². The highest BCUT2D eigenvalue weighted by atomic mass is 32.2. The molecule has 2 aromatic rings. The number of amides is 2. The smallest absolute Gasteiger partial charge is 0.253 e. The van der Waals surface area contributed by atoms with Crippen molar-refractivity contribution < 1.29 is 18.0 Å².